The molecular formula is C15H13N3O2. The van der Waals surface area contributed by atoms with E-state index < -0.39 is 5.97 Å². The minimum atomic E-state index is -0.962. The first-order valence-electron chi connectivity index (χ1n) is 6.26. The molecule has 3 rings (SSSR count). The number of hydrogen-bond acceptors (Lipinski definition) is 3. The van der Waals surface area contributed by atoms with E-state index in [1.54, 1.807) is 10.7 Å². The molecule has 0 aliphatic heterocycles. The summed E-state index contributed by atoms with van der Waals surface area (Å²) < 4.78 is 1.59. The second-order valence-corrected chi connectivity index (χ2v) is 4.71. The van der Waals surface area contributed by atoms with Crippen LogP contribution in [0.1, 0.15) is 27.3 Å². The van der Waals surface area contributed by atoms with Gasteiger partial charge < -0.3 is 5.11 Å². The van der Waals surface area contributed by atoms with Crippen molar-refractivity contribution in [2.45, 2.75) is 13.3 Å². The predicted molar refractivity (Wildman–Crippen MR) is 73.9 cm³/mol. The molecule has 0 saturated carbocycles. The van der Waals surface area contributed by atoms with Crippen LogP contribution in [0.15, 0.2) is 42.6 Å². The van der Waals surface area contributed by atoms with Crippen LogP contribution in [0.3, 0.4) is 0 Å². The predicted octanol–water partition coefficient (Wildman–Crippen LogP) is 2.33. The number of carbonyl (C=O) groups is 1. The first kappa shape index (κ1) is 12.3. The van der Waals surface area contributed by atoms with E-state index >= 15 is 0 Å². The van der Waals surface area contributed by atoms with E-state index in [-0.39, 0.29) is 5.56 Å². The molecule has 0 spiro atoms. The van der Waals surface area contributed by atoms with Gasteiger partial charge in [-0.3, -0.25) is 0 Å². The molecule has 1 aromatic carbocycles. The molecule has 0 aliphatic rings. The highest BCUT2D eigenvalue weighted by Crippen LogP contribution is 2.10. The first-order valence-corrected chi connectivity index (χ1v) is 6.26. The van der Waals surface area contributed by atoms with Gasteiger partial charge >= 0.3 is 5.97 Å². The number of carboxylic acids is 1. The van der Waals surface area contributed by atoms with Crippen molar-refractivity contribution < 1.29 is 9.90 Å². The van der Waals surface area contributed by atoms with Crippen LogP contribution in [0, 0.1) is 6.92 Å². The Bertz CT molecular complexity index is 775. The zero-order valence-electron chi connectivity index (χ0n) is 10.9. The van der Waals surface area contributed by atoms with Gasteiger partial charge in [-0.15, -0.1) is 0 Å². The third-order valence-corrected chi connectivity index (χ3v) is 3.11. The SMILES string of the molecule is Cc1ccc(Cc2nc3cc(C(=O)O)ccn3n2)cc1. The molecule has 0 saturated heterocycles. The van der Waals surface area contributed by atoms with E-state index in [1.165, 1.54) is 17.7 Å². The molecule has 0 amide bonds. The molecule has 20 heavy (non-hydrogen) atoms. The summed E-state index contributed by atoms with van der Waals surface area (Å²) in [6.07, 6.45) is 2.24. The Kier molecular flexibility index (Phi) is 2.95. The average molecular weight is 267 g/mol. The number of pyridine rings is 1. The van der Waals surface area contributed by atoms with Gasteiger partial charge in [-0.1, -0.05) is 29.8 Å². The molecule has 0 radical (unpaired) electrons. The number of hydrogen-bond donors (Lipinski definition) is 1. The van der Waals surface area contributed by atoms with Crippen molar-refractivity contribution in [3.8, 4) is 0 Å². The Labute approximate surface area is 115 Å². The molecule has 0 aliphatic carbocycles. The zero-order chi connectivity index (χ0) is 14.1. The molecule has 2 heterocycles. The van der Waals surface area contributed by atoms with Crippen LogP contribution in [-0.4, -0.2) is 25.7 Å². The van der Waals surface area contributed by atoms with E-state index in [2.05, 4.69) is 10.1 Å². The van der Waals surface area contributed by atoms with Crippen LogP contribution < -0.4 is 0 Å². The number of rotatable bonds is 3. The molecule has 5 nitrogen and oxygen atoms in total. The first-order chi connectivity index (χ1) is 9.61. The van der Waals surface area contributed by atoms with Gasteiger partial charge in [-0.25, -0.2) is 14.3 Å². The Morgan fingerprint density at radius 2 is 2.00 bits per heavy atom. The van der Waals surface area contributed by atoms with Gasteiger partial charge in [0.05, 0.1) is 5.56 Å². The maximum atomic E-state index is 10.9. The monoisotopic (exact) mass is 267 g/mol. The number of nitrogens with zero attached hydrogens (tertiary/aromatic N) is 3. The second-order valence-electron chi connectivity index (χ2n) is 4.71. The topological polar surface area (TPSA) is 67.5 Å². The highest BCUT2D eigenvalue weighted by Gasteiger charge is 2.08. The summed E-state index contributed by atoms with van der Waals surface area (Å²) >= 11 is 0. The minimum Gasteiger partial charge on any atom is -0.478 e. The summed E-state index contributed by atoms with van der Waals surface area (Å²) in [6.45, 7) is 2.04. The third kappa shape index (κ3) is 2.38. The van der Waals surface area contributed by atoms with E-state index in [0.717, 1.165) is 5.56 Å². The standard InChI is InChI=1S/C15H13N3O2/c1-10-2-4-11(5-3-10)8-13-16-14-9-12(15(19)20)6-7-18(14)17-13/h2-7,9H,8H2,1H3,(H,19,20). The van der Waals surface area contributed by atoms with Crippen LogP contribution in [-0.2, 0) is 6.42 Å². The normalized spacial score (nSPS) is 10.8. The lowest BCUT2D eigenvalue weighted by Crippen LogP contribution is -1.97. The summed E-state index contributed by atoms with van der Waals surface area (Å²) in [5.74, 6) is -0.285. The van der Waals surface area contributed by atoms with Crippen LogP contribution in [0.5, 0.6) is 0 Å². The third-order valence-electron chi connectivity index (χ3n) is 3.11. The number of fused-ring (bicyclic) bond motifs is 1. The van der Waals surface area contributed by atoms with Gasteiger partial charge in [0.2, 0.25) is 0 Å². The molecule has 3 aromatic rings. The highest BCUT2D eigenvalue weighted by molar-refractivity contribution is 5.88. The lowest BCUT2D eigenvalue weighted by molar-refractivity contribution is 0.0697. The molecule has 100 valence electrons. The number of aromatic carboxylic acids is 1. The maximum Gasteiger partial charge on any atom is 0.335 e. The quantitative estimate of drug-likeness (QED) is 0.790. The smallest absolute Gasteiger partial charge is 0.335 e. The van der Waals surface area contributed by atoms with Crippen molar-refractivity contribution in [3.05, 3.63) is 65.1 Å². The van der Waals surface area contributed by atoms with Crippen molar-refractivity contribution in [1.82, 2.24) is 14.6 Å². The van der Waals surface area contributed by atoms with Crippen molar-refractivity contribution >= 4 is 11.6 Å². The highest BCUT2D eigenvalue weighted by atomic mass is 16.4. The van der Waals surface area contributed by atoms with Gasteiger partial charge in [0, 0.05) is 12.6 Å². The Morgan fingerprint density at radius 1 is 1.25 bits per heavy atom. The fraction of sp³-hybridized carbons (Fsp3) is 0.133. The number of aryl methyl sites for hydroxylation is 1. The Balaban J connectivity index is 1.92. The second kappa shape index (κ2) is 4.77. The van der Waals surface area contributed by atoms with Gasteiger partial charge in [0.25, 0.3) is 0 Å². The molecule has 0 fully saturated rings. The van der Waals surface area contributed by atoms with Crippen molar-refractivity contribution in [1.29, 1.82) is 0 Å². The van der Waals surface area contributed by atoms with Gasteiger partial charge in [0.15, 0.2) is 11.5 Å². The zero-order valence-corrected chi connectivity index (χ0v) is 10.9. The summed E-state index contributed by atoms with van der Waals surface area (Å²) in [5, 5.41) is 13.3. The van der Waals surface area contributed by atoms with E-state index in [9.17, 15) is 4.79 Å². The van der Waals surface area contributed by atoms with Gasteiger partial charge in [0.1, 0.15) is 0 Å². The van der Waals surface area contributed by atoms with Crippen LogP contribution >= 0.6 is 0 Å². The summed E-state index contributed by atoms with van der Waals surface area (Å²) in [5.41, 5.74) is 3.10. The lowest BCUT2D eigenvalue weighted by Gasteiger charge is -1.97. The van der Waals surface area contributed by atoms with Crippen LogP contribution in [0.4, 0.5) is 0 Å². The molecule has 0 unspecified atom stereocenters. The van der Waals surface area contributed by atoms with E-state index in [0.29, 0.717) is 17.9 Å². The van der Waals surface area contributed by atoms with E-state index in [1.807, 2.05) is 31.2 Å². The number of carboxylic acid groups (broad SMARTS) is 1. The maximum absolute atomic E-state index is 10.9. The average Bonchev–Trinajstić information content (AvgIpc) is 2.82. The molecular weight excluding hydrogens is 254 g/mol. The Hall–Kier alpha value is -2.69. The fourth-order valence-electron chi connectivity index (χ4n) is 2.02. The lowest BCUT2D eigenvalue weighted by atomic mass is 10.1. The summed E-state index contributed by atoms with van der Waals surface area (Å²) in [4.78, 5) is 15.3. The molecule has 5 heteroatoms. The van der Waals surface area contributed by atoms with Crippen LogP contribution in [0.2, 0.25) is 0 Å². The van der Waals surface area contributed by atoms with E-state index in [4.69, 9.17) is 5.11 Å². The van der Waals surface area contributed by atoms with Gasteiger partial charge in [-0.2, -0.15) is 5.10 Å². The largest absolute Gasteiger partial charge is 0.478 e. The van der Waals surface area contributed by atoms with Crippen molar-refractivity contribution in [2.24, 2.45) is 0 Å². The van der Waals surface area contributed by atoms with Crippen molar-refractivity contribution in [2.75, 3.05) is 0 Å². The van der Waals surface area contributed by atoms with Crippen LogP contribution in [0.25, 0.3) is 5.65 Å². The number of benzene rings is 1. The number of aromatic nitrogens is 3. The molecule has 2 aromatic heterocycles. The molecule has 0 bridgehead atoms. The fourth-order valence-corrected chi connectivity index (χ4v) is 2.02. The van der Waals surface area contributed by atoms with Crippen molar-refractivity contribution in [3.63, 3.8) is 0 Å². The summed E-state index contributed by atoms with van der Waals surface area (Å²) in [7, 11) is 0. The Morgan fingerprint density at radius 3 is 2.70 bits per heavy atom. The molecule has 0 atom stereocenters. The molecule has 1 N–H and O–H groups in total. The summed E-state index contributed by atoms with van der Waals surface area (Å²) in [6, 6.07) is 11.2. The van der Waals surface area contributed by atoms with Gasteiger partial charge in [-0.05, 0) is 24.6 Å². The minimum absolute atomic E-state index is 0.215.